The summed E-state index contributed by atoms with van der Waals surface area (Å²) in [6.07, 6.45) is 0. The van der Waals surface area contributed by atoms with Crippen LogP contribution in [0.5, 0.6) is 5.75 Å². The third-order valence-electron chi connectivity index (χ3n) is 4.45. The van der Waals surface area contributed by atoms with Gasteiger partial charge >= 0.3 is 0 Å². The van der Waals surface area contributed by atoms with Crippen LogP contribution in [0, 0.1) is 13.8 Å². The largest absolute Gasteiger partial charge is 0.496 e. The van der Waals surface area contributed by atoms with E-state index in [2.05, 4.69) is 63.1 Å². The minimum Gasteiger partial charge on any atom is -0.496 e. The lowest BCUT2D eigenvalue weighted by Gasteiger charge is -2.14. The molecule has 4 rings (SSSR count). The van der Waals surface area contributed by atoms with Gasteiger partial charge in [-0.2, -0.15) is 0 Å². The molecule has 0 aliphatic carbocycles. The summed E-state index contributed by atoms with van der Waals surface area (Å²) in [6, 6.07) is 16.2. The number of ether oxygens (including phenoxy) is 1. The SMILES string of the molecule is COc1ccccc1-c1nnc(SC(C)c2nnc(C)s2)n1-c1ccc(C)cc1. The molecule has 0 aliphatic rings. The lowest BCUT2D eigenvalue weighted by atomic mass is 10.1. The summed E-state index contributed by atoms with van der Waals surface area (Å²) < 4.78 is 7.64. The maximum absolute atomic E-state index is 5.57. The molecular formula is C21H21N5OS2. The standard InChI is InChI=1S/C21H21N5OS2/c1-13-9-11-16(12-10-13)26-19(17-7-5-6-8-18(17)27-4)23-25-21(26)28-14(2)20-24-22-15(3)29-20/h5-12,14H,1-4H3. The molecule has 0 N–H and O–H groups in total. The van der Waals surface area contributed by atoms with E-state index in [1.54, 1.807) is 30.2 Å². The van der Waals surface area contributed by atoms with Crippen LogP contribution in [0.4, 0.5) is 0 Å². The van der Waals surface area contributed by atoms with Gasteiger partial charge in [0.2, 0.25) is 0 Å². The van der Waals surface area contributed by atoms with Gasteiger partial charge in [-0.15, -0.1) is 31.7 Å². The number of methoxy groups -OCH3 is 1. The van der Waals surface area contributed by atoms with Crippen molar-refractivity contribution >= 4 is 23.1 Å². The van der Waals surface area contributed by atoms with E-state index in [-0.39, 0.29) is 5.25 Å². The first kappa shape index (κ1) is 19.6. The number of hydrogen-bond acceptors (Lipinski definition) is 7. The molecule has 0 saturated carbocycles. The number of hydrogen-bond donors (Lipinski definition) is 0. The van der Waals surface area contributed by atoms with Crippen LogP contribution >= 0.6 is 23.1 Å². The Morgan fingerprint density at radius 1 is 0.966 bits per heavy atom. The van der Waals surface area contributed by atoms with Gasteiger partial charge in [0.15, 0.2) is 11.0 Å². The Morgan fingerprint density at radius 2 is 1.72 bits per heavy atom. The molecule has 0 aliphatic heterocycles. The third kappa shape index (κ3) is 4.04. The lowest BCUT2D eigenvalue weighted by molar-refractivity contribution is 0.416. The number of thioether (sulfide) groups is 1. The van der Waals surface area contributed by atoms with Crippen molar-refractivity contribution in [2.45, 2.75) is 31.2 Å². The average molecular weight is 424 g/mol. The first-order chi connectivity index (χ1) is 14.1. The van der Waals surface area contributed by atoms with Crippen LogP contribution in [-0.2, 0) is 0 Å². The molecule has 0 saturated heterocycles. The van der Waals surface area contributed by atoms with Gasteiger partial charge in [-0.25, -0.2) is 0 Å². The molecular weight excluding hydrogens is 402 g/mol. The average Bonchev–Trinajstić information content (AvgIpc) is 3.35. The molecule has 1 unspecified atom stereocenters. The highest BCUT2D eigenvalue weighted by atomic mass is 32.2. The van der Waals surface area contributed by atoms with Crippen molar-refractivity contribution in [2.75, 3.05) is 7.11 Å². The fourth-order valence-electron chi connectivity index (χ4n) is 2.96. The maximum Gasteiger partial charge on any atom is 0.196 e. The lowest BCUT2D eigenvalue weighted by Crippen LogP contribution is -2.02. The first-order valence-electron chi connectivity index (χ1n) is 9.19. The number of para-hydroxylation sites is 1. The summed E-state index contributed by atoms with van der Waals surface area (Å²) in [7, 11) is 1.67. The van der Waals surface area contributed by atoms with Crippen molar-refractivity contribution in [3.8, 4) is 22.8 Å². The molecule has 29 heavy (non-hydrogen) atoms. The van der Waals surface area contributed by atoms with E-state index in [0.29, 0.717) is 0 Å². The summed E-state index contributed by atoms with van der Waals surface area (Å²) >= 11 is 3.23. The van der Waals surface area contributed by atoms with Crippen molar-refractivity contribution in [3.05, 3.63) is 64.1 Å². The van der Waals surface area contributed by atoms with E-state index in [9.17, 15) is 0 Å². The smallest absolute Gasteiger partial charge is 0.196 e. The molecule has 2 aromatic heterocycles. The summed E-state index contributed by atoms with van der Waals surface area (Å²) in [6.45, 7) is 6.15. The van der Waals surface area contributed by atoms with Gasteiger partial charge in [0.05, 0.1) is 17.9 Å². The molecule has 0 fully saturated rings. The van der Waals surface area contributed by atoms with Gasteiger partial charge in [0, 0.05) is 5.69 Å². The highest BCUT2D eigenvalue weighted by Crippen LogP contribution is 2.39. The van der Waals surface area contributed by atoms with E-state index in [0.717, 1.165) is 38.0 Å². The van der Waals surface area contributed by atoms with E-state index >= 15 is 0 Å². The summed E-state index contributed by atoms with van der Waals surface area (Å²) in [4.78, 5) is 0. The number of rotatable bonds is 6. The van der Waals surface area contributed by atoms with E-state index < -0.39 is 0 Å². The topological polar surface area (TPSA) is 65.7 Å². The second-order valence-corrected chi connectivity index (χ2v) is 9.12. The van der Waals surface area contributed by atoms with Crippen molar-refractivity contribution in [3.63, 3.8) is 0 Å². The predicted molar refractivity (Wildman–Crippen MR) is 117 cm³/mol. The van der Waals surface area contributed by atoms with Gasteiger partial charge in [-0.3, -0.25) is 4.57 Å². The Kier molecular flexibility index (Phi) is 5.64. The Bertz CT molecular complexity index is 1120. The van der Waals surface area contributed by atoms with Gasteiger partial charge in [0.1, 0.15) is 15.8 Å². The molecule has 2 heterocycles. The van der Waals surface area contributed by atoms with Crippen LogP contribution < -0.4 is 4.74 Å². The molecule has 8 heteroatoms. The quantitative estimate of drug-likeness (QED) is 0.394. The van der Waals surface area contributed by atoms with E-state index in [1.807, 2.05) is 31.2 Å². The van der Waals surface area contributed by atoms with Crippen LogP contribution in [0.15, 0.2) is 53.7 Å². The fraction of sp³-hybridized carbons (Fsp3) is 0.238. The monoisotopic (exact) mass is 423 g/mol. The minimum atomic E-state index is 0.111. The Labute approximate surface area is 178 Å². The van der Waals surface area contributed by atoms with Crippen LogP contribution in [0.2, 0.25) is 0 Å². The first-order valence-corrected chi connectivity index (χ1v) is 10.9. The number of nitrogens with zero attached hydrogens (tertiary/aromatic N) is 5. The zero-order valence-corrected chi connectivity index (χ0v) is 18.3. The highest BCUT2D eigenvalue weighted by molar-refractivity contribution is 7.99. The highest BCUT2D eigenvalue weighted by Gasteiger charge is 2.22. The predicted octanol–water partition coefficient (Wildman–Crippen LogP) is 5.26. The second-order valence-electron chi connectivity index (χ2n) is 6.60. The van der Waals surface area contributed by atoms with Crippen LogP contribution in [0.3, 0.4) is 0 Å². The number of aryl methyl sites for hydroxylation is 2. The Balaban J connectivity index is 1.81. The van der Waals surface area contributed by atoms with Crippen molar-refractivity contribution in [2.24, 2.45) is 0 Å². The number of benzene rings is 2. The van der Waals surface area contributed by atoms with Crippen LogP contribution in [0.1, 0.15) is 27.8 Å². The zero-order valence-electron chi connectivity index (χ0n) is 16.7. The van der Waals surface area contributed by atoms with E-state index in [1.165, 1.54) is 5.56 Å². The minimum absolute atomic E-state index is 0.111. The molecule has 1 atom stereocenters. The molecule has 2 aromatic carbocycles. The van der Waals surface area contributed by atoms with Crippen LogP contribution in [-0.4, -0.2) is 32.1 Å². The molecule has 0 bridgehead atoms. The molecule has 6 nitrogen and oxygen atoms in total. The Hall–Kier alpha value is -2.71. The van der Waals surface area contributed by atoms with Crippen molar-refractivity contribution < 1.29 is 4.74 Å². The second kappa shape index (κ2) is 8.34. The van der Waals surface area contributed by atoms with Gasteiger partial charge in [-0.05, 0) is 45.0 Å². The molecule has 0 spiro atoms. The molecule has 0 radical (unpaired) electrons. The van der Waals surface area contributed by atoms with Crippen molar-refractivity contribution in [1.29, 1.82) is 0 Å². The molecule has 0 amide bonds. The van der Waals surface area contributed by atoms with E-state index in [4.69, 9.17) is 4.74 Å². The normalized spacial score (nSPS) is 12.1. The summed E-state index contributed by atoms with van der Waals surface area (Å²) in [5, 5.41) is 20.3. The Morgan fingerprint density at radius 3 is 2.41 bits per heavy atom. The zero-order chi connectivity index (χ0) is 20.4. The maximum atomic E-state index is 5.57. The van der Waals surface area contributed by atoms with Gasteiger partial charge in [-0.1, -0.05) is 41.6 Å². The molecule has 148 valence electrons. The van der Waals surface area contributed by atoms with Crippen LogP contribution in [0.25, 0.3) is 17.1 Å². The summed E-state index contributed by atoms with van der Waals surface area (Å²) in [5.41, 5.74) is 3.10. The molecule has 4 aromatic rings. The van der Waals surface area contributed by atoms with Crippen molar-refractivity contribution in [1.82, 2.24) is 25.0 Å². The number of aromatic nitrogens is 5. The third-order valence-corrected chi connectivity index (χ3v) is 6.67. The summed E-state index contributed by atoms with van der Waals surface area (Å²) in [5.74, 6) is 1.51. The van der Waals surface area contributed by atoms with Gasteiger partial charge < -0.3 is 4.74 Å². The van der Waals surface area contributed by atoms with Gasteiger partial charge in [0.25, 0.3) is 0 Å². The fourth-order valence-corrected chi connectivity index (χ4v) is 4.73.